The first-order valence-electron chi connectivity index (χ1n) is 15.1. The molecule has 290 valence electrons. The lowest BCUT2D eigenvalue weighted by atomic mass is 9.87. The molecule has 1 aliphatic carbocycles. The summed E-state index contributed by atoms with van der Waals surface area (Å²) in [4.78, 5) is 82.6. The van der Waals surface area contributed by atoms with Gasteiger partial charge in [-0.2, -0.15) is 4.31 Å². The Morgan fingerprint density at radius 2 is 1.80 bits per heavy atom. The largest absolute Gasteiger partial charge is 0.481 e. The fourth-order valence-electron chi connectivity index (χ4n) is 5.00. The van der Waals surface area contributed by atoms with Gasteiger partial charge in [-0.05, 0) is 6.42 Å². The summed E-state index contributed by atoms with van der Waals surface area (Å²) in [5, 5.41) is 29.2. The zero-order valence-electron chi connectivity index (χ0n) is 27.6. The first-order valence-corrected chi connectivity index (χ1v) is 20.6. The summed E-state index contributed by atoms with van der Waals surface area (Å²) in [6.45, 7) is 2.31. The minimum Gasteiger partial charge on any atom is -0.388 e. The van der Waals surface area contributed by atoms with Gasteiger partial charge in [-0.25, -0.2) is 23.7 Å². The predicted octanol–water partition coefficient (Wildman–Crippen LogP) is -1.09. The van der Waals surface area contributed by atoms with Gasteiger partial charge >= 0.3 is 23.5 Å². The molecular weight excluding hydrogens is 767 g/mol. The number of amidine groups is 1. The van der Waals surface area contributed by atoms with E-state index < -0.39 is 84.2 Å². The monoisotopic (exact) mass is 809 g/mol. The lowest BCUT2D eigenvalue weighted by molar-refractivity contribution is -0.137. The van der Waals surface area contributed by atoms with E-state index in [2.05, 4.69) is 30.2 Å². The van der Waals surface area contributed by atoms with E-state index >= 15 is 0 Å². The van der Waals surface area contributed by atoms with Crippen molar-refractivity contribution in [2.24, 2.45) is 22.1 Å². The number of carbonyl (C=O) groups is 3. The van der Waals surface area contributed by atoms with E-state index in [4.69, 9.17) is 19.3 Å². The SMILES string of the molecule is CC(=O)SCCNC(=O)CCNC(=O)C(O)C(C)(C)COP(=O)(O)OP(=O)(O)OCC1CC(n2cnc3c2NCN=C3N)C(O)C1OP(=O)(O)O. The number of thioether (sulfide) groups is 1. The number of nitrogens with zero attached hydrogens (tertiary/aromatic N) is 3. The highest BCUT2D eigenvalue weighted by Crippen LogP contribution is 2.61. The second-order valence-electron chi connectivity index (χ2n) is 12.1. The van der Waals surface area contributed by atoms with E-state index in [1.807, 2.05) is 0 Å². The van der Waals surface area contributed by atoms with Crippen LogP contribution in [0.1, 0.15) is 45.3 Å². The van der Waals surface area contributed by atoms with Crippen LogP contribution < -0.4 is 21.7 Å². The zero-order chi connectivity index (χ0) is 38.4. The fraction of sp³-hybridized carbons (Fsp3) is 0.708. The molecule has 2 heterocycles. The molecule has 2 aliphatic rings. The number of carbonyl (C=O) groups excluding carboxylic acids is 3. The van der Waals surface area contributed by atoms with Crippen molar-refractivity contribution in [1.29, 1.82) is 0 Å². The number of nitrogens with one attached hydrogen (secondary N) is 3. The molecule has 1 fully saturated rings. The number of phosphoric acid groups is 3. The number of aliphatic hydroxyl groups is 2. The number of aliphatic imine (C=N–C) groups is 1. The molecule has 3 rings (SSSR count). The molecule has 0 bridgehead atoms. The Labute approximate surface area is 295 Å². The topological polar surface area (TPSA) is 353 Å². The van der Waals surface area contributed by atoms with Gasteiger partial charge in [0.15, 0.2) is 5.12 Å². The van der Waals surface area contributed by atoms with Gasteiger partial charge in [0.2, 0.25) is 11.8 Å². The van der Waals surface area contributed by atoms with Crippen LogP contribution in [0.15, 0.2) is 11.3 Å². The van der Waals surface area contributed by atoms with Gasteiger partial charge in [-0.3, -0.25) is 28.0 Å². The van der Waals surface area contributed by atoms with Gasteiger partial charge in [-0.15, -0.1) is 0 Å². The van der Waals surface area contributed by atoms with Crippen LogP contribution in [0.5, 0.6) is 0 Å². The van der Waals surface area contributed by atoms with E-state index in [0.29, 0.717) is 11.6 Å². The van der Waals surface area contributed by atoms with Crippen molar-refractivity contribution in [2.75, 3.05) is 44.0 Å². The first-order chi connectivity index (χ1) is 23.5. The van der Waals surface area contributed by atoms with Gasteiger partial charge in [0.25, 0.3) is 0 Å². The number of imidazole rings is 1. The van der Waals surface area contributed by atoms with Crippen molar-refractivity contribution in [3.8, 4) is 0 Å². The molecule has 0 saturated heterocycles. The van der Waals surface area contributed by atoms with Gasteiger partial charge in [-0.1, -0.05) is 25.6 Å². The Morgan fingerprint density at radius 3 is 2.45 bits per heavy atom. The van der Waals surface area contributed by atoms with Crippen LogP contribution in [0.3, 0.4) is 0 Å². The van der Waals surface area contributed by atoms with E-state index in [-0.39, 0.29) is 49.2 Å². The van der Waals surface area contributed by atoms with Gasteiger partial charge in [0.1, 0.15) is 42.3 Å². The zero-order valence-corrected chi connectivity index (χ0v) is 31.1. The van der Waals surface area contributed by atoms with Crippen LogP contribution in [0.25, 0.3) is 0 Å². The number of aliphatic hydroxyl groups excluding tert-OH is 2. The van der Waals surface area contributed by atoms with Crippen molar-refractivity contribution in [2.45, 2.75) is 58.0 Å². The Morgan fingerprint density at radius 1 is 1.14 bits per heavy atom. The molecule has 0 radical (unpaired) electrons. The van der Waals surface area contributed by atoms with Crippen molar-refractivity contribution >= 4 is 63.8 Å². The van der Waals surface area contributed by atoms with E-state index in [1.54, 1.807) is 0 Å². The highest BCUT2D eigenvalue weighted by Gasteiger charge is 2.49. The average Bonchev–Trinajstić information content (AvgIpc) is 3.57. The molecule has 7 atom stereocenters. The van der Waals surface area contributed by atoms with Crippen molar-refractivity contribution in [3.05, 3.63) is 12.0 Å². The second kappa shape index (κ2) is 17.7. The quantitative estimate of drug-likeness (QED) is 0.0586. The number of hydrogen-bond acceptors (Lipinski definition) is 17. The van der Waals surface area contributed by atoms with Crippen LogP contribution in [0.4, 0.5) is 5.82 Å². The standard InChI is InChI=1S/C24H42N7O16P3S/c1-13(32)51-7-6-26-16(33)4-5-27-23(36)20(35)24(2,3)10-45-50(42,43)47-49(40,41)44-9-14-8-15(18(34)19(14)46-48(37,38)39)31-12-30-17-21(25)28-11-29-22(17)31/h12,14-15,18-20,29,34-35H,4-11H2,1-3H3,(H2,25,28)(H,26,33)(H,27,36)(H,40,41)(H,42,43)(H2,37,38,39). The normalized spacial score (nSPS) is 23.6. The molecule has 27 heteroatoms. The molecule has 11 N–H and O–H groups in total. The summed E-state index contributed by atoms with van der Waals surface area (Å²) in [7, 11) is -16.1. The predicted molar refractivity (Wildman–Crippen MR) is 178 cm³/mol. The van der Waals surface area contributed by atoms with Crippen LogP contribution in [-0.4, -0.2) is 119 Å². The highest BCUT2D eigenvalue weighted by atomic mass is 32.2. The van der Waals surface area contributed by atoms with E-state index in [0.717, 1.165) is 11.8 Å². The third-order valence-electron chi connectivity index (χ3n) is 7.52. The summed E-state index contributed by atoms with van der Waals surface area (Å²) in [6.07, 6.45) is -4.16. The number of nitrogens with two attached hydrogens (primary N) is 1. The smallest absolute Gasteiger partial charge is 0.388 e. The first kappa shape index (κ1) is 43.1. The molecular formula is C24H42N7O16P3S. The van der Waals surface area contributed by atoms with Crippen molar-refractivity contribution < 1.29 is 75.7 Å². The molecule has 2 amide bonds. The summed E-state index contributed by atoms with van der Waals surface area (Å²) >= 11 is 1.03. The van der Waals surface area contributed by atoms with Gasteiger partial charge in [0.05, 0.1) is 25.6 Å². The lowest BCUT2D eigenvalue weighted by Gasteiger charge is -2.30. The lowest BCUT2D eigenvalue weighted by Crippen LogP contribution is -2.46. The van der Waals surface area contributed by atoms with Crippen LogP contribution in [-0.2, 0) is 46.0 Å². The average molecular weight is 810 g/mol. The molecule has 51 heavy (non-hydrogen) atoms. The third kappa shape index (κ3) is 13.0. The highest BCUT2D eigenvalue weighted by molar-refractivity contribution is 8.13. The molecule has 7 unspecified atom stereocenters. The minimum absolute atomic E-state index is 0.0744. The molecule has 23 nitrogen and oxygen atoms in total. The number of anilines is 1. The van der Waals surface area contributed by atoms with Crippen molar-refractivity contribution in [1.82, 2.24) is 20.2 Å². The maximum atomic E-state index is 12.7. The molecule has 1 aliphatic heterocycles. The maximum absolute atomic E-state index is 12.7. The Kier molecular flexibility index (Phi) is 15.0. The number of aromatic nitrogens is 2. The van der Waals surface area contributed by atoms with Crippen molar-refractivity contribution in [3.63, 3.8) is 0 Å². The maximum Gasteiger partial charge on any atom is 0.481 e. The van der Waals surface area contributed by atoms with Crippen LogP contribution in [0.2, 0.25) is 0 Å². The van der Waals surface area contributed by atoms with E-state index in [9.17, 15) is 57.9 Å². The van der Waals surface area contributed by atoms with Gasteiger partial charge < -0.3 is 56.0 Å². The number of fused-ring (bicyclic) bond motifs is 1. The Bertz CT molecular complexity index is 1610. The number of amides is 2. The summed E-state index contributed by atoms with van der Waals surface area (Å²) in [5.41, 5.74) is 4.51. The Balaban J connectivity index is 1.54. The second-order valence-corrected chi connectivity index (χ2v) is 17.6. The van der Waals surface area contributed by atoms with Gasteiger partial charge in [0, 0.05) is 43.5 Å². The summed E-state index contributed by atoms with van der Waals surface area (Å²) < 4.78 is 57.1. The molecule has 1 aromatic heterocycles. The van der Waals surface area contributed by atoms with Crippen LogP contribution >= 0.6 is 35.2 Å². The fourth-order valence-corrected chi connectivity index (χ4v) is 8.40. The molecule has 1 saturated carbocycles. The number of hydrogen-bond donors (Lipinski definition) is 10. The number of rotatable bonds is 19. The molecule has 1 aromatic rings. The van der Waals surface area contributed by atoms with E-state index in [1.165, 1.54) is 31.7 Å². The summed E-state index contributed by atoms with van der Waals surface area (Å²) in [5.74, 6) is -1.77. The van der Waals surface area contributed by atoms with Crippen LogP contribution in [0, 0.1) is 11.3 Å². The summed E-state index contributed by atoms with van der Waals surface area (Å²) in [6, 6.07) is -0.970. The molecule has 0 spiro atoms. The molecule has 0 aromatic carbocycles. The number of phosphoric ester groups is 3. The Hall–Kier alpha value is -2.27. The third-order valence-corrected chi connectivity index (χ3v) is 11.4. The minimum atomic E-state index is -5.47.